The van der Waals surface area contributed by atoms with Crippen molar-refractivity contribution in [1.29, 1.82) is 0 Å². The molecule has 2 N–H and O–H groups in total. The van der Waals surface area contributed by atoms with E-state index in [1.807, 2.05) is 19.1 Å². The second-order valence-electron chi connectivity index (χ2n) is 6.50. The van der Waals surface area contributed by atoms with Gasteiger partial charge in [0.15, 0.2) is 11.2 Å². The van der Waals surface area contributed by atoms with Crippen molar-refractivity contribution >= 4 is 16.9 Å². The van der Waals surface area contributed by atoms with Crippen LogP contribution in [0.3, 0.4) is 0 Å². The monoisotopic (exact) mass is 313 g/mol. The number of carbonyl (C=O) groups is 1. The quantitative estimate of drug-likeness (QED) is 0.937. The molecule has 0 saturated heterocycles. The Morgan fingerprint density at radius 2 is 2.00 bits per heavy atom. The van der Waals surface area contributed by atoms with Gasteiger partial charge in [0.1, 0.15) is 5.58 Å². The van der Waals surface area contributed by atoms with Crippen LogP contribution in [-0.2, 0) is 12.8 Å². The lowest BCUT2D eigenvalue weighted by Crippen LogP contribution is -2.23. The Labute approximate surface area is 135 Å². The lowest BCUT2D eigenvalue weighted by atomic mass is 9.84. The Hall–Kier alpha value is -2.10. The zero-order valence-corrected chi connectivity index (χ0v) is 13.6. The van der Waals surface area contributed by atoms with Crippen LogP contribution in [0.15, 0.2) is 27.4 Å². The van der Waals surface area contributed by atoms with Gasteiger partial charge in [0.2, 0.25) is 0 Å². The molecule has 3 rings (SSSR count). The van der Waals surface area contributed by atoms with E-state index in [0.717, 1.165) is 24.8 Å². The van der Waals surface area contributed by atoms with Gasteiger partial charge in [0, 0.05) is 5.56 Å². The Bertz CT molecular complexity index is 785. The smallest absolute Gasteiger partial charge is 0.284 e. The molecule has 0 radical (unpaired) electrons. The zero-order chi connectivity index (χ0) is 16.4. The van der Waals surface area contributed by atoms with Gasteiger partial charge in [0.25, 0.3) is 5.91 Å². The third-order valence-electron chi connectivity index (χ3n) is 4.90. The van der Waals surface area contributed by atoms with Crippen LogP contribution >= 0.6 is 0 Å². The predicted octanol–water partition coefficient (Wildman–Crippen LogP) is 3.58. The molecule has 122 valence electrons. The van der Waals surface area contributed by atoms with E-state index >= 15 is 0 Å². The first-order valence-corrected chi connectivity index (χ1v) is 8.48. The summed E-state index contributed by atoms with van der Waals surface area (Å²) in [6, 6.07) is 5.54. The molecule has 1 aliphatic carbocycles. The van der Waals surface area contributed by atoms with Crippen molar-refractivity contribution in [3.63, 3.8) is 0 Å². The fourth-order valence-electron chi connectivity index (χ4n) is 3.57. The molecule has 1 fully saturated rings. The Balaban J connectivity index is 2.12. The first-order valence-electron chi connectivity index (χ1n) is 8.48. The Morgan fingerprint density at radius 3 is 2.65 bits per heavy atom. The average molecular weight is 313 g/mol. The van der Waals surface area contributed by atoms with E-state index in [0.29, 0.717) is 28.9 Å². The molecule has 1 aliphatic rings. The maximum atomic E-state index is 12.9. The fourth-order valence-corrected chi connectivity index (χ4v) is 3.57. The van der Waals surface area contributed by atoms with Gasteiger partial charge in [-0.2, -0.15) is 0 Å². The molecular formula is C19H23NO3. The van der Waals surface area contributed by atoms with Crippen molar-refractivity contribution in [2.75, 3.05) is 0 Å². The van der Waals surface area contributed by atoms with Crippen molar-refractivity contribution in [2.45, 2.75) is 51.9 Å². The van der Waals surface area contributed by atoms with Crippen molar-refractivity contribution in [3.8, 4) is 0 Å². The number of rotatable bonds is 4. The summed E-state index contributed by atoms with van der Waals surface area (Å²) in [5.41, 5.74) is 7.35. The molecule has 0 aliphatic heterocycles. The zero-order valence-electron chi connectivity index (χ0n) is 13.6. The summed E-state index contributed by atoms with van der Waals surface area (Å²) < 4.78 is 5.70. The highest BCUT2D eigenvalue weighted by molar-refractivity contribution is 5.93. The first kappa shape index (κ1) is 15.8. The van der Waals surface area contributed by atoms with Gasteiger partial charge in [-0.1, -0.05) is 45.1 Å². The number of amides is 1. The second-order valence-corrected chi connectivity index (χ2v) is 6.50. The molecule has 2 aromatic rings. The first-order chi connectivity index (χ1) is 11.1. The maximum absolute atomic E-state index is 12.9. The van der Waals surface area contributed by atoms with Crippen LogP contribution in [0, 0.1) is 5.92 Å². The van der Waals surface area contributed by atoms with Gasteiger partial charge < -0.3 is 10.2 Å². The highest BCUT2D eigenvalue weighted by Gasteiger charge is 2.23. The molecule has 23 heavy (non-hydrogen) atoms. The summed E-state index contributed by atoms with van der Waals surface area (Å²) in [4.78, 5) is 24.7. The van der Waals surface area contributed by atoms with Gasteiger partial charge in [0.05, 0.1) is 5.39 Å². The van der Waals surface area contributed by atoms with E-state index in [4.69, 9.17) is 10.2 Å². The van der Waals surface area contributed by atoms with Crippen molar-refractivity contribution in [2.24, 2.45) is 11.7 Å². The van der Waals surface area contributed by atoms with Gasteiger partial charge in [-0.25, -0.2) is 0 Å². The molecular weight excluding hydrogens is 290 g/mol. The molecule has 1 aromatic heterocycles. The number of carbonyl (C=O) groups excluding carboxylic acids is 1. The van der Waals surface area contributed by atoms with Gasteiger partial charge >= 0.3 is 0 Å². The third-order valence-corrected chi connectivity index (χ3v) is 4.90. The molecule has 4 heteroatoms. The largest absolute Gasteiger partial charge is 0.450 e. The minimum atomic E-state index is -0.658. The normalized spacial score (nSPS) is 15.9. The standard InChI is InChI=1S/C19H23NO3/c1-2-12-8-9-16-14(10-12)17(21)15(18(23-16)19(20)22)11-13-6-4-3-5-7-13/h8-10,13H,2-7,11H2,1H3,(H2,20,22). The second kappa shape index (κ2) is 6.57. The van der Waals surface area contributed by atoms with E-state index in [2.05, 4.69) is 0 Å². The van der Waals surface area contributed by atoms with Gasteiger partial charge in [-0.05, 0) is 36.5 Å². The van der Waals surface area contributed by atoms with Crippen LogP contribution < -0.4 is 11.2 Å². The summed E-state index contributed by atoms with van der Waals surface area (Å²) >= 11 is 0. The van der Waals surface area contributed by atoms with E-state index in [1.165, 1.54) is 19.3 Å². The number of fused-ring (bicyclic) bond motifs is 1. The summed E-state index contributed by atoms with van der Waals surface area (Å²) in [5, 5.41) is 0.556. The van der Waals surface area contributed by atoms with Crippen LogP contribution in [0.4, 0.5) is 0 Å². The molecule has 0 atom stereocenters. The van der Waals surface area contributed by atoms with Crippen LogP contribution in [0.25, 0.3) is 11.0 Å². The summed E-state index contributed by atoms with van der Waals surface area (Å²) in [6.45, 7) is 2.05. The number of primary amides is 1. The van der Waals surface area contributed by atoms with Crippen molar-refractivity contribution in [1.82, 2.24) is 0 Å². The number of nitrogens with two attached hydrogens (primary N) is 1. The molecule has 0 unspecified atom stereocenters. The SMILES string of the molecule is CCc1ccc2oc(C(N)=O)c(CC3CCCCC3)c(=O)c2c1. The Kier molecular flexibility index (Phi) is 4.51. The van der Waals surface area contributed by atoms with E-state index < -0.39 is 5.91 Å². The number of benzene rings is 1. The lowest BCUT2D eigenvalue weighted by Gasteiger charge is -2.21. The summed E-state index contributed by atoms with van der Waals surface area (Å²) in [6.07, 6.45) is 7.28. The molecule has 1 saturated carbocycles. The van der Waals surface area contributed by atoms with E-state index in [1.54, 1.807) is 6.07 Å². The average Bonchev–Trinajstić information content (AvgIpc) is 2.57. The topological polar surface area (TPSA) is 73.3 Å². The predicted molar refractivity (Wildman–Crippen MR) is 90.7 cm³/mol. The minimum absolute atomic E-state index is 0.0392. The molecule has 0 bridgehead atoms. The minimum Gasteiger partial charge on any atom is -0.450 e. The lowest BCUT2D eigenvalue weighted by molar-refractivity contribution is 0.0972. The number of hydrogen-bond donors (Lipinski definition) is 1. The molecule has 0 spiro atoms. The van der Waals surface area contributed by atoms with Gasteiger partial charge in [-0.3, -0.25) is 9.59 Å². The summed E-state index contributed by atoms with van der Waals surface area (Å²) in [7, 11) is 0. The molecule has 1 heterocycles. The number of aryl methyl sites for hydroxylation is 1. The van der Waals surface area contributed by atoms with Crippen LogP contribution in [0.2, 0.25) is 0 Å². The molecule has 1 aromatic carbocycles. The highest BCUT2D eigenvalue weighted by Crippen LogP contribution is 2.28. The van der Waals surface area contributed by atoms with Crippen LogP contribution in [0.5, 0.6) is 0 Å². The van der Waals surface area contributed by atoms with E-state index in [9.17, 15) is 9.59 Å². The highest BCUT2D eigenvalue weighted by atomic mass is 16.3. The number of hydrogen-bond acceptors (Lipinski definition) is 3. The summed E-state index contributed by atoms with van der Waals surface area (Å²) in [5.74, 6) is -0.178. The van der Waals surface area contributed by atoms with Crippen LogP contribution in [-0.4, -0.2) is 5.91 Å². The van der Waals surface area contributed by atoms with Crippen LogP contribution in [0.1, 0.15) is 60.7 Å². The third kappa shape index (κ3) is 3.16. The molecule has 4 nitrogen and oxygen atoms in total. The van der Waals surface area contributed by atoms with Gasteiger partial charge in [-0.15, -0.1) is 0 Å². The molecule has 1 amide bonds. The van der Waals surface area contributed by atoms with E-state index in [-0.39, 0.29) is 11.2 Å². The fraction of sp³-hybridized carbons (Fsp3) is 0.474. The van der Waals surface area contributed by atoms with Crippen molar-refractivity contribution in [3.05, 3.63) is 45.3 Å². The maximum Gasteiger partial charge on any atom is 0.284 e. The van der Waals surface area contributed by atoms with Crippen molar-refractivity contribution < 1.29 is 9.21 Å². The Morgan fingerprint density at radius 1 is 1.26 bits per heavy atom.